The fourth-order valence-corrected chi connectivity index (χ4v) is 1.52. The molecule has 1 atom stereocenters. The molecule has 1 unspecified atom stereocenters. The molecule has 1 N–H and O–H groups in total. The Bertz CT molecular complexity index is 386. The van der Waals surface area contributed by atoms with Gasteiger partial charge in [-0.25, -0.2) is 9.37 Å². The quantitative estimate of drug-likeness (QED) is 0.788. The molecule has 0 aliphatic carbocycles. The van der Waals surface area contributed by atoms with E-state index in [4.69, 9.17) is 9.47 Å². The van der Waals surface area contributed by atoms with Crippen LogP contribution < -0.4 is 10.1 Å². The Kier molecular flexibility index (Phi) is 6.73. The summed E-state index contributed by atoms with van der Waals surface area (Å²) in [5.74, 6) is 0.104. The number of aromatic nitrogens is 1. The van der Waals surface area contributed by atoms with Gasteiger partial charge in [0.25, 0.3) is 0 Å². The minimum atomic E-state index is -0.356. The van der Waals surface area contributed by atoms with Crippen LogP contribution in [0.1, 0.15) is 33.3 Å². The molecule has 0 bridgehead atoms. The van der Waals surface area contributed by atoms with E-state index in [1.807, 2.05) is 27.7 Å². The zero-order valence-electron chi connectivity index (χ0n) is 12.1. The highest BCUT2D eigenvalue weighted by molar-refractivity contribution is 5.26. The van der Waals surface area contributed by atoms with Crippen molar-refractivity contribution in [2.75, 3.05) is 13.2 Å². The minimum Gasteiger partial charge on any atom is -0.472 e. The van der Waals surface area contributed by atoms with Crippen LogP contribution in [0, 0.1) is 5.82 Å². The molecule has 1 aromatic heterocycles. The predicted octanol–water partition coefficient (Wildman–Crippen LogP) is 2.52. The summed E-state index contributed by atoms with van der Waals surface area (Å²) in [6.07, 6.45) is 1.05. The number of nitrogens with zero attached hydrogens (tertiary/aromatic N) is 1. The van der Waals surface area contributed by atoms with Gasteiger partial charge in [0.2, 0.25) is 5.88 Å². The van der Waals surface area contributed by atoms with Gasteiger partial charge >= 0.3 is 0 Å². The van der Waals surface area contributed by atoms with Crippen LogP contribution in [0.25, 0.3) is 0 Å². The lowest BCUT2D eigenvalue weighted by molar-refractivity contribution is 0.0626. The summed E-state index contributed by atoms with van der Waals surface area (Å²) in [7, 11) is 0. The minimum absolute atomic E-state index is 0.115. The highest BCUT2D eigenvalue weighted by Gasteiger charge is 2.11. The van der Waals surface area contributed by atoms with Crippen LogP contribution >= 0.6 is 0 Å². The Morgan fingerprint density at radius 2 is 2.11 bits per heavy atom. The predicted molar refractivity (Wildman–Crippen MR) is 72.8 cm³/mol. The van der Waals surface area contributed by atoms with Gasteiger partial charge in [0, 0.05) is 24.8 Å². The van der Waals surface area contributed by atoms with Gasteiger partial charge in [-0.3, -0.25) is 0 Å². The molecular formula is C14H23FN2O2. The molecule has 1 rings (SSSR count). The molecule has 0 aliphatic rings. The van der Waals surface area contributed by atoms with Gasteiger partial charge in [0.15, 0.2) is 0 Å². The lowest BCUT2D eigenvalue weighted by Gasteiger charge is -2.17. The molecule has 4 nitrogen and oxygen atoms in total. The van der Waals surface area contributed by atoms with E-state index in [1.54, 1.807) is 0 Å². The van der Waals surface area contributed by atoms with E-state index in [1.165, 1.54) is 12.3 Å². The smallest absolute Gasteiger partial charge is 0.218 e. The maximum absolute atomic E-state index is 13.2. The fourth-order valence-electron chi connectivity index (χ4n) is 1.52. The number of halogens is 1. The molecule has 0 spiro atoms. The standard InChI is InChI=1S/C14H23FN2O2/c1-5-18-9-11(4)19-14-12(7-16-10(2)3)6-13(15)8-17-14/h6,8,10-11,16H,5,7,9H2,1-4H3. The molecule has 1 heterocycles. The Balaban J connectivity index is 2.69. The first-order chi connectivity index (χ1) is 9.02. The monoisotopic (exact) mass is 270 g/mol. The Morgan fingerprint density at radius 3 is 2.74 bits per heavy atom. The van der Waals surface area contributed by atoms with Crippen molar-refractivity contribution in [2.24, 2.45) is 0 Å². The van der Waals surface area contributed by atoms with Crippen molar-refractivity contribution < 1.29 is 13.9 Å². The lowest BCUT2D eigenvalue weighted by atomic mass is 10.2. The summed E-state index contributed by atoms with van der Waals surface area (Å²) in [6.45, 7) is 9.56. The van der Waals surface area contributed by atoms with Crippen LogP contribution in [0.3, 0.4) is 0 Å². The van der Waals surface area contributed by atoms with E-state index in [2.05, 4.69) is 10.3 Å². The van der Waals surface area contributed by atoms with Crippen molar-refractivity contribution in [3.8, 4) is 5.88 Å². The maximum Gasteiger partial charge on any atom is 0.218 e. The summed E-state index contributed by atoms with van der Waals surface area (Å²) >= 11 is 0. The fraction of sp³-hybridized carbons (Fsp3) is 0.643. The van der Waals surface area contributed by atoms with Crippen molar-refractivity contribution in [2.45, 2.75) is 46.4 Å². The summed E-state index contributed by atoms with van der Waals surface area (Å²) in [5, 5.41) is 3.23. The SMILES string of the molecule is CCOCC(C)Oc1ncc(F)cc1CNC(C)C. The number of ether oxygens (including phenoxy) is 2. The summed E-state index contributed by atoms with van der Waals surface area (Å²) in [5.41, 5.74) is 0.719. The van der Waals surface area contributed by atoms with Crippen molar-refractivity contribution in [3.05, 3.63) is 23.6 Å². The van der Waals surface area contributed by atoms with E-state index in [9.17, 15) is 4.39 Å². The van der Waals surface area contributed by atoms with Crippen LogP contribution in [0.4, 0.5) is 4.39 Å². The van der Waals surface area contributed by atoms with E-state index >= 15 is 0 Å². The average molecular weight is 270 g/mol. The lowest BCUT2D eigenvalue weighted by Crippen LogP contribution is -2.24. The zero-order chi connectivity index (χ0) is 14.3. The third kappa shape index (κ3) is 5.98. The molecule has 0 aliphatic heterocycles. The van der Waals surface area contributed by atoms with Gasteiger partial charge < -0.3 is 14.8 Å². The Morgan fingerprint density at radius 1 is 1.37 bits per heavy atom. The van der Waals surface area contributed by atoms with Crippen molar-refractivity contribution in [1.82, 2.24) is 10.3 Å². The van der Waals surface area contributed by atoms with Crippen LogP contribution in [-0.4, -0.2) is 30.3 Å². The Hall–Kier alpha value is -1.20. The van der Waals surface area contributed by atoms with Crippen molar-refractivity contribution >= 4 is 0 Å². The van der Waals surface area contributed by atoms with Crippen LogP contribution in [0.2, 0.25) is 0 Å². The molecule has 0 radical (unpaired) electrons. The number of nitrogens with one attached hydrogen (secondary N) is 1. The molecule has 0 aromatic carbocycles. The number of rotatable bonds is 8. The van der Waals surface area contributed by atoms with Crippen LogP contribution in [0.15, 0.2) is 12.3 Å². The van der Waals surface area contributed by atoms with E-state index in [0.29, 0.717) is 31.7 Å². The maximum atomic E-state index is 13.2. The van der Waals surface area contributed by atoms with Crippen molar-refractivity contribution in [3.63, 3.8) is 0 Å². The normalized spacial score (nSPS) is 12.7. The summed E-state index contributed by atoms with van der Waals surface area (Å²) in [6, 6.07) is 1.77. The van der Waals surface area contributed by atoms with Gasteiger partial charge in [0.05, 0.1) is 12.8 Å². The van der Waals surface area contributed by atoms with E-state index in [-0.39, 0.29) is 11.9 Å². The number of hydrogen-bond donors (Lipinski definition) is 1. The van der Waals surface area contributed by atoms with Crippen molar-refractivity contribution in [1.29, 1.82) is 0 Å². The second-order valence-corrected chi connectivity index (χ2v) is 4.74. The first-order valence-corrected chi connectivity index (χ1v) is 6.65. The second kappa shape index (κ2) is 8.07. The molecule has 0 fully saturated rings. The molecule has 0 saturated carbocycles. The molecule has 1 aromatic rings. The first kappa shape index (κ1) is 15.9. The van der Waals surface area contributed by atoms with Crippen LogP contribution in [0.5, 0.6) is 5.88 Å². The summed E-state index contributed by atoms with van der Waals surface area (Å²) < 4.78 is 24.2. The van der Waals surface area contributed by atoms with Gasteiger partial charge in [-0.05, 0) is 19.9 Å². The third-order valence-corrected chi connectivity index (χ3v) is 2.46. The molecule has 0 saturated heterocycles. The highest BCUT2D eigenvalue weighted by Crippen LogP contribution is 2.17. The molecular weight excluding hydrogens is 247 g/mol. The van der Waals surface area contributed by atoms with Crippen LogP contribution in [-0.2, 0) is 11.3 Å². The van der Waals surface area contributed by atoms with E-state index < -0.39 is 0 Å². The van der Waals surface area contributed by atoms with E-state index in [0.717, 1.165) is 5.56 Å². The Labute approximate surface area is 114 Å². The molecule has 19 heavy (non-hydrogen) atoms. The topological polar surface area (TPSA) is 43.4 Å². The molecule has 108 valence electrons. The van der Waals surface area contributed by atoms with Gasteiger partial charge in [-0.1, -0.05) is 13.8 Å². The largest absolute Gasteiger partial charge is 0.472 e. The number of hydrogen-bond acceptors (Lipinski definition) is 4. The number of pyridine rings is 1. The third-order valence-electron chi connectivity index (χ3n) is 2.46. The highest BCUT2D eigenvalue weighted by atomic mass is 19.1. The van der Waals surface area contributed by atoms with Gasteiger partial charge in [0.1, 0.15) is 11.9 Å². The van der Waals surface area contributed by atoms with Gasteiger partial charge in [-0.2, -0.15) is 0 Å². The summed E-state index contributed by atoms with van der Waals surface area (Å²) in [4.78, 5) is 4.01. The first-order valence-electron chi connectivity index (χ1n) is 6.65. The second-order valence-electron chi connectivity index (χ2n) is 4.74. The zero-order valence-corrected chi connectivity index (χ0v) is 12.1. The van der Waals surface area contributed by atoms with Gasteiger partial charge in [-0.15, -0.1) is 0 Å². The molecule has 0 amide bonds. The molecule has 5 heteroatoms. The average Bonchev–Trinajstić information content (AvgIpc) is 2.36.